The largest absolute Gasteiger partial charge is 0.493 e. The lowest BCUT2D eigenvalue weighted by atomic mass is 10.1. The number of rotatable bonds is 6. The van der Waals surface area contributed by atoms with Crippen molar-refractivity contribution in [1.29, 1.82) is 0 Å². The Balaban J connectivity index is 4.19. The van der Waals surface area contributed by atoms with Gasteiger partial charge in [0.05, 0.1) is 5.76 Å². The van der Waals surface area contributed by atoms with Gasteiger partial charge in [-0.2, -0.15) is 0 Å². The van der Waals surface area contributed by atoms with E-state index in [1.165, 1.54) is 0 Å². The van der Waals surface area contributed by atoms with E-state index in [4.69, 9.17) is 4.74 Å². The molecule has 0 aromatic carbocycles. The second kappa shape index (κ2) is 5.85. The standard InChI is InChI=1S/C12H22O/c1-6-9-10-11(7-2)13-12(4,5)8-3/h6,10H,1,7-9H2,2-5H3/b11-10+. The zero-order valence-corrected chi connectivity index (χ0v) is 9.39. The molecular formula is C12H22O. The van der Waals surface area contributed by atoms with Gasteiger partial charge in [0.15, 0.2) is 0 Å². The third-order valence-corrected chi connectivity index (χ3v) is 2.12. The number of allylic oxidation sites excluding steroid dienone is 3. The molecule has 0 aromatic rings. The van der Waals surface area contributed by atoms with Gasteiger partial charge in [-0.1, -0.05) is 19.9 Å². The Morgan fingerprint density at radius 3 is 2.38 bits per heavy atom. The van der Waals surface area contributed by atoms with Gasteiger partial charge in [-0.3, -0.25) is 0 Å². The molecule has 0 aliphatic rings. The first-order valence-electron chi connectivity index (χ1n) is 5.04. The maximum atomic E-state index is 5.85. The number of ether oxygens (including phenoxy) is 1. The molecule has 0 radical (unpaired) electrons. The summed E-state index contributed by atoms with van der Waals surface area (Å²) in [6.45, 7) is 12.2. The second-order valence-corrected chi connectivity index (χ2v) is 3.76. The molecule has 0 atom stereocenters. The van der Waals surface area contributed by atoms with E-state index in [0.29, 0.717) is 0 Å². The van der Waals surface area contributed by atoms with E-state index in [1.807, 2.05) is 6.08 Å². The average molecular weight is 182 g/mol. The third-order valence-electron chi connectivity index (χ3n) is 2.12. The molecule has 76 valence electrons. The van der Waals surface area contributed by atoms with Crippen LogP contribution in [0.4, 0.5) is 0 Å². The van der Waals surface area contributed by atoms with Crippen molar-refractivity contribution < 1.29 is 4.74 Å². The van der Waals surface area contributed by atoms with Gasteiger partial charge in [-0.15, -0.1) is 6.58 Å². The first-order valence-corrected chi connectivity index (χ1v) is 5.04. The highest BCUT2D eigenvalue weighted by Gasteiger charge is 2.16. The second-order valence-electron chi connectivity index (χ2n) is 3.76. The van der Waals surface area contributed by atoms with E-state index < -0.39 is 0 Å². The molecule has 1 heteroatoms. The minimum atomic E-state index is -0.0387. The molecule has 0 rings (SSSR count). The van der Waals surface area contributed by atoms with Crippen LogP contribution in [0.3, 0.4) is 0 Å². The molecule has 0 fully saturated rings. The fraction of sp³-hybridized carbons (Fsp3) is 0.667. The lowest BCUT2D eigenvalue weighted by molar-refractivity contribution is 0.0274. The van der Waals surface area contributed by atoms with E-state index in [1.54, 1.807) is 0 Å². The van der Waals surface area contributed by atoms with Gasteiger partial charge < -0.3 is 4.74 Å². The summed E-state index contributed by atoms with van der Waals surface area (Å²) in [5.74, 6) is 1.08. The van der Waals surface area contributed by atoms with Gasteiger partial charge in [0.1, 0.15) is 5.60 Å². The molecular weight excluding hydrogens is 160 g/mol. The van der Waals surface area contributed by atoms with Crippen LogP contribution in [0.15, 0.2) is 24.5 Å². The van der Waals surface area contributed by atoms with E-state index in [0.717, 1.165) is 25.0 Å². The van der Waals surface area contributed by atoms with Gasteiger partial charge in [0.25, 0.3) is 0 Å². The first-order chi connectivity index (χ1) is 6.05. The summed E-state index contributed by atoms with van der Waals surface area (Å²) in [5, 5.41) is 0. The highest BCUT2D eigenvalue weighted by atomic mass is 16.5. The predicted molar refractivity (Wildman–Crippen MR) is 58.6 cm³/mol. The zero-order valence-electron chi connectivity index (χ0n) is 9.39. The van der Waals surface area contributed by atoms with Crippen LogP contribution in [0, 0.1) is 0 Å². The van der Waals surface area contributed by atoms with Gasteiger partial charge in [0.2, 0.25) is 0 Å². The minimum absolute atomic E-state index is 0.0387. The van der Waals surface area contributed by atoms with Crippen molar-refractivity contribution in [2.45, 2.75) is 52.6 Å². The van der Waals surface area contributed by atoms with Crippen LogP contribution in [0.1, 0.15) is 47.0 Å². The Morgan fingerprint density at radius 1 is 1.38 bits per heavy atom. The average Bonchev–Trinajstić information content (AvgIpc) is 2.12. The van der Waals surface area contributed by atoms with Gasteiger partial charge in [0, 0.05) is 6.42 Å². The van der Waals surface area contributed by atoms with Crippen molar-refractivity contribution in [3.05, 3.63) is 24.5 Å². The molecule has 0 heterocycles. The van der Waals surface area contributed by atoms with E-state index in [2.05, 4.69) is 40.3 Å². The molecule has 0 unspecified atom stereocenters. The summed E-state index contributed by atoms with van der Waals surface area (Å²) in [6.07, 6.45) is 6.86. The Labute approximate surface area is 82.5 Å². The minimum Gasteiger partial charge on any atom is -0.493 e. The van der Waals surface area contributed by atoms with Crippen molar-refractivity contribution >= 4 is 0 Å². The normalized spacial score (nSPS) is 12.8. The smallest absolute Gasteiger partial charge is 0.103 e. The fourth-order valence-electron chi connectivity index (χ4n) is 0.900. The molecule has 0 N–H and O–H groups in total. The highest BCUT2D eigenvalue weighted by Crippen LogP contribution is 2.20. The van der Waals surface area contributed by atoms with Crippen molar-refractivity contribution in [2.24, 2.45) is 0 Å². The van der Waals surface area contributed by atoms with Gasteiger partial charge in [-0.25, -0.2) is 0 Å². The summed E-state index contributed by atoms with van der Waals surface area (Å²) in [4.78, 5) is 0. The monoisotopic (exact) mass is 182 g/mol. The quantitative estimate of drug-likeness (QED) is 0.444. The van der Waals surface area contributed by atoms with Crippen LogP contribution in [0.5, 0.6) is 0 Å². The predicted octanol–water partition coefficient (Wildman–Crippen LogP) is 4.06. The van der Waals surface area contributed by atoms with Crippen LogP contribution in [-0.2, 0) is 4.74 Å². The third kappa shape index (κ3) is 5.51. The summed E-state index contributed by atoms with van der Waals surface area (Å²) in [7, 11) is 0. The molecule has 13 heavy (non-hydrogen) atoms. The molecule has 0 amide bonds. The van der Waals surface area contributed by atoms with Crippen LogP contribution < -0.4 is 0 Å². The first kappa shape index (κ1) is 12.3. The van der Waals surface area contributed by atoms with Crippen molar-refractivity contribution in [3.8, 4) is 0 Å². The van der Waals surface area contributed by atoms with Crippen LogP contribution >= 0.6 is 0 Å². The lowest BCUT2D eigenvalue weighted by Gasteiger charge is -2.26. The molecule has 0 bridgehead atoms. The summed E-state index contributed by atoms with van der Waals surface area (Å²) < 4.78 is 5.85. The Bertz CT molecular complexity index is 178. The SMILES string of the molecule is C=CC/C=C(\CC)OC(C)(C)CC. The zero-order chi connectivity index (χ0) is 10.3. The molecule has 0 spiro atoms. The molecule has 0 saturated heterocycles. The molecule has 0 saturated carbocycles. The van der Waals surface area contributed by atoms with Crippen LogP contribution in [-0.4, -0.2) is 5.60 Å². The number of hydrogen-bond donors (Lipinski definition) is 0. The number of hydrogen-bond acceptors (Lipinski definition) is 1. The summed E-state index contributed by atoms with van der Waals surface area (Å²) >= 11 is 0. The topological polar surface area (TPSA) is 9.23 Å². The van der Waals surface area contributed by atoms with E-state index in [9.17, 15) is 0 Å². The van der Waals surface area contributed by atoms with Crippen LogP contribution in [0.2, 0.25) is 0 Å². The summed E-state index contributed by atoms with van der Waals surface area (Å²) in [6, 6.07) is 0. The van der Waals surface area contributed by atoms with Crippen molar-refractivity contribution in [3.63, 3.8) is 0 Å². The maximum absolute atomic E-state index is 5.85. The summed E-state index contributed by atoms with van der Waals surface area (Å²) in [5.41, 5.74) is -0.0387. The molecule has 0 aromatic heterocycles. The highest BCUT2D eigenvalue weighted by molar-refractivity contribution is 4.97. The van der Waals surface area contributed by atoms with Crippen molar-refractivity contribution in [1.82, 2.24) is 0 Å². The van der Waals surface area contributed by atoms with Gasteiger partial charge in [-0.05, 0) is 32.8 Å². The molecule has 1 nitrogen and oxygen atoms in total. The maximum Gasteiger partial charge on any atom is 0.103 e. The molecule has 0 aliphatic heterocycles. The van der Waals surface area contributed by atoms with E-state index in [-0.39, 0.29) is 5.60 Å². The lowest BCUT2D eigenvalue weighted by Crippen LogP contribution is -2.22. The Morgan fingerprint density at radius 2 is 2.00 bits per heavy atom. The Kier molecular flexibility index (Phi) is 5.52. The van der Waals surface area contributed by atoms with Crippen molar-refractivity contribution in [2.75, 3.05) is 0 Å². The fourth-order valence-corrected chi connectivity index (χ4v) is 0.900. The van der Waals surface area contributed by atoms with Crippen LogP contribution in [0.25, 0.3) is 0 Å². The van der Waals surface area contributed by atoms with E-state index >= 15 is 0 Å². The molecule has 0 aliphatic carbocycles. The Hall–Kier alpha value is -0.720. The van der Waals surface area contributed by atoms with Gasteiger partial charge >= 0.3 is 0 Å².